The van der Waals surface area contributed by atoms with Gasteiger partial charge in [-0.15, -0.1) is 0 Å². The molecule has 4 saturated carbocycles. The van der Waals surface area contributed by atoms with Crippen molar-refractivity contribution in [1.82, 2.24) is 10.6 Å². The number of furan rings is 1. The Morgan fingerprint density at radius 1 is 1.26 bits per heavy atom. The Morgan fingerprint density at radius 2 is 1.91 bits per heavy atom. The van der Waals surface area contributed by atoms with Gasteiger partial charge in [-0.1, -0.05) is 6.92 Å². The first kappa shape index (κ1) is 15.5. The minimum Gasteiger partial charge on any atom is -0.467 e. The van der Waals surface area contributed by atoms with Gasteiger partial charge in [0.25, 0.3) is 0 Å². The fourth-order valence-electron chi connectivity index (χ4n) is 6.08. The molecule has 23 heavy (non-hydrogen) atoms. The second kappa shape index (κ2) is 6.12. The third kappa shape index (κ3) is 3.02. The van der Waals surface area contributed by atoms with E-state index in [4.69, 9.17) is 16.6 Å². The van der Waals surface area contributed by atoms with E-state index >= 15 is 0 Å². The van der Waals surface area contributed by atoms with Crippen molar-refractivity contribution in [2.45, 2.75) is 64.5 Å². The van der Waals surface area contributed by atoms with Crippen LogP contribution >= 0.6 is 12.2 Å². The maximum Gasteiger partial charge on any atom is 0.166 e. The Balaban J connectivity index is 1.39. The molecule has 4 fully saturated rings. The monoisotopic (exact) mass is 332 g/mol. The van der Waals surface area contributed by atoms with Gasteiger partial charge < -0.3 is 15.1 Å². The highest BCUT2D eigenvalue weighted by Crippen LogP contribution is 2.61. The topological polar surface area (TPSA) is 37.2 Å². The lowest BCUT2D eigenvalue weighted by Crippen LogP contribution is -2.57. The maximum absolute atomic E-state index is 5.56. The molecule has 0 aliphatic heterocycles. The van der Waals surface area contributed by atoms with E-state index < -0.39 is 0 Å². The van der Waals surface area contributed by atoms with Crippen molar-refractivity contribution in [2.24, 2.45) is 23.2 Å². The summed E-state index contributed by atoms with van der Waals surface area (Å²) < 4.78 is 5.37. The Labute approximate surface area is 144 Å². The second-order valence-electron chi connectivity index (χ2n) is 8.15. The van der Waals surface area contributed by atoms with Crippen molar-refractivity contribution >= 4 is 17.3 Å². The van der Waals surface area contributed by atoms with E-state index in [-0.39, 0.29) is 0 Å². The van der Waals surface area contributed by atoms with Gasteiger partial charge in [-0.25, -0.2) is 0 Å². The number of hydrogen-bond donors (Lipinski definition) is 2. The molecule has 4 heteroatoms. The van der Waals surface area contributed by atoms with E-state index in [0.717, 1.165) is 35.0 Å². The van der Waals surface area contributed by atoms with Crippen LogP contribution in [0.2, 0.25) is 0 Å². The summed E-state index contributed by atoms with van der Waals surface area (Å²) in [6, 6.07) is 4.41. The van der Waals surface area contributed by atoms with Crippen molar-refractivity contribution in [3.05, 3.63) is 24.2 Å². The molecule has 2 N–H and O–H groups in total. The van der Waals surface area contributed by atoms with Gasteiger partial charge in [0.05, 0.1) is 12.8 Å². The molecule has 0 radical (unpaired) electrons. The van der Waals surface area contributed by atoms with E-state index in [2.05, 4.69) is 17.6 Å². The Morgan fingerprint density at radius 3 is 2.43 bits per heavy atom. The fraction of sp³-hybridized carbons (Fsp3) is 0.737. The molecule has 126 valence electrons. The SMILES string of the molecule is CCC(NC(=S)NCc1ccco1)C12CC3CC(CC(C3)C1)C2. The number of rotatable bonds is 5. The van der Waals surface area contributed by atoms with Crippen LogP contribution in [0.15, 0.2) is 22.8 Å². The van der Waals surface area contributed by atoms with Gasteiger partial charge in [0, 0.05) is 6.04 Å². The predicted octanol–water partition coefficient (Wildman–Crippen LogP) is 4.24. The maximum atomic E-state index is 5.56. The normalized spacial score (nSPS) is 36.0. The van der Waals surface area contributed by atoms with Crippen LogP contribution in [0.5, 0.6) is 0 Å². The molecule has 1 unspecified atom stereocenters. The largest absolute Gasteiger partial charge is 0.467 e. The van der Waals surface area contributed by atoms with Crippen LogP contribution in [-0.2, 0) is 6.54 Å². The fourth-order valence-corrected chi connectivity index (χ4v) is 6.30. The summed E-state index contributed by atoms with van der Waals surface area (Å²) in [5, 5.41) is 7.75. The molecule has 4 aliphatic rings. The molecule has 1 heterocycles. The average Bonchev–Trinajstić information content (AvgIpc) is 3.02. The summed E-state index contributed by atoms with van der Waals surface area (Å²) >= 11 is 5.56. The number of thiocarbonyl (C=S) groups is 1. The van der Waals surface area contributed by atoms with Crippen LogP contribution in [0.3, 0.4) is 0 Å². The lowest BCUT2D eigenvalue weighted by molar-refractivity contribution is -0.0711. The highest BCUT2D eigenvalue weighted by molar-refractivity contribution is 7.80. The number of nitrogens with one attached hydrogen (secondary N) is 2. The van der Waals surface area contributed by atoms with Crippen LogP contribution in [0, 0.1) is 23.2 Å². The van der Waals surface area contributed by atoms with Gasteiger partial charge in [0.1, 0.15) is 5.76 Å². The van der Waals surface area contributed by atoms with Gasteiger partial charge in [0.2, 0.25) is 0 Å². The molecule has 0 spiro atoms. The summed E-state index contributed by atoms with van der Waals surface area (Å²) in [6.45, 7) is 2.97. The highest BCUT2D eigenvalue weighted by Gasteiger charge is 2.53. The molecule has 1 aromatic rings. The first-order chi connectivity index (χ1) is 11.2. The zero-order valence-electron chi connectivity index (χ0n) is 14.0. The summed E-state index contributed by atoms with van der Waals surface area (Å²) in [7, 11) is 0. The van der Waals surface area contributed by atoms with Crippen molar-refractivity contribution in [3.8, 4) is 0 Å². The summed E-state index contributed by atoms with van der Waals surface area (Å²) in [5.74, 6) is 3.89. The van der Waals surface area contributed by atoms with Gasteiger partial charge in [-0.2, -0.15) is 0 Å². The van der Waals surface area contributed by atoms with Crippen molar-refractivity contribution in [2.75, 3.05) is 0 Å². The van der Waals surface area contributed by atoms with E-state index in [0.29, 0.717) is 18.0 Å². The van der Waals surface area contributed by atoms with Gasteiger partial charge in [-0.05, 0) is 92.5 Å². The van der Waals surface area contributed by atoms with Crippen molar-refractivity contribution in [1.29, 1.82) is 0 Å². The summed E-state index contributed by atoms with van der Waals surface area (Å²) in [6.07, 6.45) is 11.6. The average molecular weight is 333 g/mol. The number of hydrogen-bond acceptors (Lipinski definition) is 2. The van der Waals surface area contributed by atoms with Crippen LogP contribution in [0.1, 0.15) is 57.6 Å². The van der Waals surface area contributed by atoms with Crippen LogP contribution in [0.4, 0.5) is 0 Å². The molecule has 0 aromatic carbocycles. The molecule has 1 atom stereocenters. The lowest BCUT2D eigenvalue weighted by Gasteiger charge is -2.59. The molecule has 4 aliphatic carbocycles. The molecule has 4 bridgehead atoms. The molecule has 1 aromatic heterocycles. The van der Waals surface area contributed by atoms with Crippen molar-refractivity contribution < 1.29 is 4.42 Å². The molecule has 0 saturated heterocycles. The summed E-state index contributed by atoms with van der Waals surface area (Å²) in [4.78, 5) is 0. The van der Waals surface area contributed by atoms with Gasteiger partial charge >= 0.3 is 0 Å². The van der Waals surface area contributed by atoms with Crippen LogP contribution in [-0.4, -0.2) is 11.2 Å². The minimum atomic E-state index is 0.500. The molecular weight excluding hydrogens is 304 g/mol. The first-order valence-corrected chi connectivity index (χ1v) is 9.64. The zero-order valence-corrected chi connectivity index (χ0v) is 14.8. The minimum absolute atomic E-state index is 0.500. The van der Waals surface area contributed by atoms with Gasteiger partial charge in [0.15, 0.2) is 5.11 Å². The second-order valence-corrected chi connectivity index (χ2v) is 8.56. The molecule has 5 rings (SSSR count). The third-order valence-electron chi connectivity index (χ3n) is 6.54. The standard InChI is InChI=1S/C19H28N2OS/c1-2-17(21-18(23)20-12-16-4-3-5-22-16)19-9-13-6-14(10-19)8-15(7-13)11-19/h3-5,13-15,17H,2,6-12H2,1H3,(H2,20,21,23). The lowest BCUT2D eigenvalue weighted by atomic mass is 9.47. The van der Waals surface area contributed by atoms with E-state index in [1.807, 2.05) is 12.1 Å². The zero-order chi connectivity index (χ0) is 15.9. The first-order valence-electron chi connectivity index (χ1n) is 9.23. The van der Waals surface area contributed by atoms with E-state index in [9.17, 15) is 0 Å². The highest BCUT2D eigenvalue weighted by atomic mass is 32.1. The van der Waals surface area contributed by atoms with Crippen molar-refractivity contribution in [3.63, 3.8) is 0 Å². The third-order valence-corrected chi connectivity index (χ3v) is 6.80. The van der Waals surface area contributed by atoms with Gasteiger partial charge in [-0.3, -0.25) is 0 Å². The van der Waals surface area contributed by atoms with E-state index in [1.165, 1.54) is 38.5 Å². The van der Waals surface area contributed by atoms with Crippen LogP contribution < -0.4 is 10.6 Å². The Bertz CT molecular complexity index is 518. The smallest absolute Gasteiger partial charge is 0.166 e. The summed E-state index contributed by atoms with van der Waals surface area (Å²) in [5.41, 5.74) is 0.500. The molecule has 3 nitrogen and oxygen atoms in total. The Kier molecular flexibility index (Phi) is 4.12. The molecule has 0 amide bonds. The van der Waals surface area contributed by atoms with E-state index in [1.54, 1.807) is 6.26 Å². The van der Waals surface area contributed by atoms with Crippen LogP contribution in [0.25, 0.3) is 0 Å². The Hall–Kier alpha value is -1.03. The molecular formula is C19H28N2OS. The quantitative estimate of drug-likeness (QED) is 0.791. The predicted molar refractivity (Wildman–Crippen MR) is 96.0 cm³/mol.